The van der Waals surface area contributed by atoms with Crippen molar-refractivity contribution in [2.45, 2.75) is 12.8 Å². The Hall–Kier alpha value is -8.40. The maximum absolute atomic E-state index is 2.45. The summed E-state index contributed by atoms with van der Waals surface area (Å²) in [5.74, 6) is 0. The first-order valence-corrected chi connectivity index (χ1v) is 22.6. The molecule has 306 valence electrons. The van der Waals surface area contributed by atoms with E-state index in [1.54, 1.807) is 0 Å². The predicted molar refractivity (Wildman–Crippen MR) is 273 cm³/mol. The zero-order valence-electron chi connectivity index (χ0n) is 35.8. The zero-order valence-corrected chi connectivity index (χ0v) is 35.8. The summed E-state index contributed by atoms with van der Waals surface area (Å²) in [6.07, 6.45) is 1.77. The second kappa shape index (κ2) is 15.1. The molecule has 13 rings (SSSR count). The topological polar surface area (TPSA) is 14.8 Å². The third kappa shape index (κ3) is 6.27. The summed E-state index contributed by atoms with van der Waals surface area (Å²) in [5, 5.41) is 7.57. The van der Waals surface area contributed by atoms with Crippen LogP contribution < -0.4 is 0 Å². The standard InChI is InChI=1S/C62H43N3/c1-4-14-42(15-5-1)36-44-24-32-59-53(38-44)55-40-46(26-34-61(55)63(59)48-18-8-3-9-19-48)47-27-35-62-56(41-47)54-39-45(37-43-16-6-2-7-17-43)25-33-60(54)65(62)50-30-28-49(29-31-50)64-57-22-12-10-20-51(57)52-21-11-13-23-58(52)64/h1-35,38-41H,36-37H2. The normalized spacial score (nSPS) is 11.8. The number of hydrogen-bond acceptors (Lipinski definition) is 0. The first kappa shape index (κ1) is 37.2. The van der Waals surface area contributed by atoms with Crippen molar-refractivity contribution in [3.05, 3.63) is 259 Å². The Labute approximate surface area is 377 Å². The fourth-order valence-corrected chi connectivity index (χ4v) is 10.5. The second-order valence-corrected chi connectivity index (χ2v) is 17.4. The summed E-state index contributed by atoms with van der Waals surface area (Å²) < 4.78 is 7.25. The average molecular weight is 830 g/mol. The van der Waals surface area contributed by atoms with Gasteiger partial charge in [-0.05, 0) is 143 Å². The van der Waals surface area contributed by atoms with Gasteiger partial charge in [0.25, 0.3) is 0 Å². The Morgan fingerprint density at radius 3 is 0.969 bits per heavy atom. The minimum Gasteiger partial charge on any atom is -0.309 e. The van der Waals surface area contributed by atoms with E-state index in [1.807, 2.05) is 0 Å². The Morgan fingerprint density at radius 2 is 0.538 bits per heavy atom. The van der Waals surface area contributed by atoms with Gasteiger partial charge in [0.2, 0.25) is 0 Å². The molecule has 0 saturated heterocycles. The lowest BCUT2D eigenvalue weighted by molar-refractivity contribution is 1.14. The smallest absolute Gasteiger partial charge is 0.0541 e. The van der Waals surface area contributed by atoms with Crippen molar-refractivity contribution >= 4 is 65.4 Å². The quantitative estimate of drug-likeness (QED) is 0.145. The molecule has 3 nitrogen and oxygen atoms in total. The number of aromatic nitrogens is 3. The largest absolute Gasteiger partial charge is 0.309 e. The molecule has 3 aromatic heterocycles. The lowest BCUT2D eigenvalue weighted by atomic mass is 9.98. The Morgan fingerprint density at radius 1 is 0.215 bits per heavy atom. The highest BCUT2D eigenvalue weighted by Crippen LogP contribution is 2.40. The molecule has 0 amide bonds. The van der Waals surface area contributed by atoms with Gasteiger partial charge in [-0.3, -0.25) is 0 Å². The molecule has 0 unspecified atom stereocenters. The van der Waals surface area contributed by atoms with Crippen molar-refractivity contribution in [3.63, 3.8) is 0 Å². The van der Waals surface area contributed by atoms with Crippen molar-refractivity contribution in [3.8, 4) is 28.2 Å². The Kier molecular flexibility index (Phi) is 8.67. The van der Waals surface area contributed by atoms with Gasteiger partial charge in [0.05, 0.1) is 33.1 Å². The third-order valence-corrected chi connectivity index (χ3v) is 13.5. The number of fused-ring (bicyclic) bond motifs is 9. The van der Waals surface area contributed by atoms with Crippen LogP contribution in [0.4, 0.5) is 0 Å². The highest BCUT2D eigenvalue weighted by atomic mass is 15.0. The fourth-order valence-electron chi connectivity index (χ4n) is 10.5. The van der Waals surface area contributed by atoms with E-state index in [9.17, 15) is 0 Å². The van der Waals surface area contributed by atoms with Crippen LogP contribution in [0, 0.1) is 0 Å². The summed E-state index contributed by atoms with van der Waals surface area (Å²) in [6.45, 7) is 0. The van der Waals surface area contributed by atoms with E-state index in [0.717, 1.165) is 24.2 Å². The van der Waals surface area contributed by atoms with Gasteiger partial charge in [0, 0.05) is 49.4 Å². The Balaban J connectivity index is 0.968. The van der Waals surface area contributed by atoms with Crippen LogP contribution >= 0.6 is 0 Å². The average Bonchev–Trinajstić information content (AvgIpc) is 4.00. The summed E-state index contributed by atoms with van der Waals surface area (Å²) in [7, 11) is 0. The third-order valence-electron chi connectivity index (χ3n) is 13.5. The van der Waals surface area contributed by atoms with E-state index in [-0.39, 0.29) is 0 Å². The molecule has 13 aromatic rings. The lowest BCUT2D eigenvalue weighted by Gasteiger charge is -2.12. The Bertz CT molecular complexity index is 3860. The molecule has 0 aliphatic heterocycles. The second-order valence-electron chi connectivity index (χ2n) is 17.4. The molecule has 0 fully saturated rings. The van der Waals surface area contributed by atoms with Crippen LogP contribution in [0.15, 0.2) is 237 Å². The molecule has 0 N–H and O–H groups in total. The monoisotopic (exact) mass is 829 g/mol. The van der Waals surface area contributed by atoms with E-state index in [1.165, 1.54) is 104 Å². The van der Waals surface area contributed by atoms with Gasteiger partial charge in [-0.1, -0.05) is 140 Å². The summed E-state index contributed by atoms with van der Waals surface area (Å²) >= 11 is 0. The van der Waals surface area contributed by atoms with Crippen molar-refractivity contribution in [1.82, 2.24) is 13.7 Å². The van der Waals surface area contributed by atoms with Crippen LogP contribution in [-0.2, 0) is 12.8 Å². The van der Waals surface area contributed by atoms with Crippen molar-refractivity contribution < 1.29 is 0 Å². The molecule has 0 saturated carbocycles. The van der Waals surface area contributed by atoms with Gasteiger partial charge in [-0.2, -0.15) is 0 Å². The molecule has 3 heteroatoms. The van der Waals surface area contributed by atoms with Gasteiger partial charge in [-0.25, -0.2) is 0 Å². The first-order chi connectivity index (χ1) is 32.2. The highest BCUT2D eigenvalue weighted by molar-refractivity contribution is 6.13. The number of rotatable bonds is 8. The van der Waals surface area contributed by atoms with Crippen LogP contribution in [0.1, 0.15) is 22.3 Å². The van der Waals surface area contributed by atoms with Crippen LogP contribution in [0.3, 0.4) is 0 Å². The molecule has 0 radical (unpaired) electrons. The van der Waals surface area contributed by atoms with Gasteiger partial charge in [0.1, 0.15) is 0 Å². The molecular weight excluding hydrogens is 787 g/mol. The molecular formula is C62H43N3. The van der Waals surface area contributed by atoms with Crippen LogP contribution in [0.2, 0.25) is 0 Å². The number of para-hydroxylation sites is 3. The molecule has 0 atom stereocenters. The van der Waals surface area contributed by atoms with Gasteiger partial charge in [0.15, 0.2) is 0 Å². The molecule has 0 bridgehead atoms. The highest BCUT2D eigenvalue weighted by Gasteiger charge is 2.18. The lowest BCUT2D eigenvalue weighted by Crippen LogP contribution is -1.97. The van der Waals surface area contributed by atoms with E-state index in [4.69, 9.17) is 0 Å². The summed E-state index contributed by atoms with van der Waals surface area (Å²) in [4.78, 5) is 0. The van der Waals surface area contributed by atoms with E-state index >= 15 is 0 Å². The maximum atomic E-state index is 2.45. The van der Waals surface area contributed by atoms with E-state index in [0.29, 0.717) is 0 Å². The summed E-state index contributed by atoms with van der Waals surface area (Å²) in [6, 6.07) is 87.1. The first-order valence-electron chi connectivity index (χ1n) is 22.6. The number of hydrogen-bond donors (Lipinski definition) is 0. The number of nitrogens with zero attached hydrogens (tertiary/aromatic N) is 3. The molecule has 0 spiro atoms. The molecule has 0 aliphatic rings. The SMILES string of the molecule is c1ccc(Cc2ccc3c(c2)c2cc(-c4ccc5c(c4)c4cc(Cc6ccccc6)ccc4n5-c4ccc(-n5c6ccccc6c6ccccc65)cc4)ccc2n3-c2ccccc2)cc1. The van der Waals surface area contributed by atoms with Crippen molar-refractivity contribution in [2.75, 3.05) is 0 Å². The predicted octanol–water partition coefficient (Wildman–Crippen LogP) is 15.8. The zero-order chi connectivity index (χ0) is 42.8. The molecule has 65 heavy (non-hydrogen) atoms. The fraction of sp³-hybridized carbons (Fsp3) is 0.0323. The van der Waals surface area contributed by atoms with E-state index in [2.05, 4.69) is 250 Å². The van der Waals surface area contributed by atoms with E-state index < -0.39 is 0 Å². The van der Waals surface area contributed by atoms with Crippen molar-refractivity contribution in [2.24, 2.45) is 0 Å². The molecule has 0 aliphatic carbocycles. The maximum Gasteiger partial charge on any atom is 0.0541 e. The van der Waals surface area contributed by atoms with Crippen molar-refractivity contribution in [1.29, 1.82) is 0 Å². The minimum atomic E-state index is 0.880. The molecule has 3 heterocycles. The minimum absolute atomic E-state index is 0.880. The molecule has 10 aromatic carbocycles. The van der Waals surface area contributed by atoms with Gasteiger partial charge in [-0.15, -0.1) is 0 Å². The van der Waals surface area contributed by atoms with Crippen LogP contribution in [-0.4, -0.2) is 13.7 Å². The van der Waals surface area contributed by atoms with Gasteiger partial charge < -0.3 is 13.7 Å². The van der Waals surface area contributed by atoms with Crippen LogP contribution in [0.5, 0.6) is 0 Å². The van der Waals surface area contributed by atoms with Crippen LogP contribution in [0.25, 0.3) is 93.6 Å². The summed E-state index contributed by atoms with van der Waals surface area (Å²) in [5.41, 5.74) is 18.4. The van der Waals surface area contributed by atoms with Gasteiger partial charge >= 0.3 is 0 Å². The number of benzene rings is 10.